The first kappa shape index (κ1) is 11.2. The molecule has 0 unspecified atom stereocenters. The van der Waals surface area contributed by atoms with Crippen LogP contribution in [-0.4, -0.2) is 36.4 Å². The summed E-state index contributed by atoms with van der Waals surface area (Å²) < 4.78 is 10.9. The van der Waals surface area contributed by atoms with Gasteiger partial charge in [0.2, 0.25) is 0 Å². The summed E-state index contributed by atoms with van der Waals surface area (Å²) in [4.78, 5) is 2.46. The molecule has 0 bridgehead atoms. The molecule has 1 aromatic rings. The second-order valence-corrected chi connectivity index (χ2v) is 5.55. The Morgan fingerprint density at radius 2 is 2.35 bits per heavy atom. The van der Waals surface area contributed by atoms with Gasteiger partial charge in [-0.3, -0.25) is 4.90 Å². The van der Waals surface area contributed by atoms with Gasteiger partial charge in [-0.05, 0) is 19.8 Å². The lowest BCUT2D eigenvalue weighted by Crippen LogP contribution is -2.43. The Morgan fingerprint density at radius 3 is 3.00 bits per heavy atom. The second kappa shape index (κ2) is 4.42. The van der Waals surface area contributed by atoms with E-state index in [1.54, 1.807) is 0 Å². The molecule has 2 heterocycles. The van der Waals surface area contributed by atoms with Crippen LogP contribution in [0.15, 0.2) is 10.6 Å². The maximum Gasteiger partial charge on any atom is 0.133 e. The molecule has 0 atom stereocenters. The van der Waals surface area contributed by atoms with Gasteiger partial charge < -0.3 is 9.26 Å². The summed E-state index contributed by atoms with van der Waals surface area (Å²) >= 11 is 0. The number of nitrogens with zero attached hydrogens (tertiary/aromatic N) is 2. The molecule has 1 aromatic heterocycles. The highest BCUT2D eigenvalue weighted by molar-refractivity contribution is 5.04. The molecule has 2 fully saturated rings. The molecule has 0 amide bonds. The van der Waals surface area contributed by atoms with E-state index in [9.17, 15) is 0 Å². The van der Waals surface area contributed by atoms with Crippen LogP contribution >= 0.6 is 0 Å². The molecule has 1 saturated carbocycles. The lowest BCUT2D eigenvalue weighted by molar-refractivity contribution is 0.00940. The zero-order valence-electron chi connectivity index (χ0n) is 10.4. The smallest absolute Gasteiger partial charge is 0.133 e. The minimum atomic E-state index is 0.440. The summed E-state index contributed by atoms with van der Waals surface area (Å²) in [5.74, 6) is 0.893. The van der Waals surface area contributed by atoms with Crippen molar-refractivity contribution in [1.82, 2.24) is 10.1 Å². The summed E-state index contributed by atoms with van der Waals surface area (Å²) in [5.41, 5.74) is 1.48. The molecule has 4 nitrogen and oxygen atoms in total. The van der Waals surface area contributed by atoms with Crippen molar-refractivity contribution < 1.29 is 9.26 Å². The summed E-state index contributed by atoms with van der Waals surface area (Å²) in [7, 11) is 0. The van der Waals surface area contributed by atoms with Crippen LogP contribution < -0.4 is 0 Å². The lowest BCUT2D eigenvalue weighted by Gasteiger charge is -2.42. The van der Waals surface area contributed by atoms with Gasteiger partial charge in [0, 0.05) is 31.1 Å². The van der Waals surface area contributed by atoms with E-state index in [1.807, 2.05) is 13.0 Å². The largest absolute Gasteiger partial charge is 0.379 e. The van der Waals surface area contributed by atoms with E-state index < -0.39 is 0 Å². The maximum absolute atomic E-state index is 5.74. The van der Waals surface area contributed by atoms with Crippen molar-refractivity contribution in [2.24, 2.45) is 5.41 Å². The molecule has 94 valence electrons. The highest BCUT2D eigenvalue weighted by atomic mass is 16.5. The minimum Gasteiger partial charge on any atom is -0.379 e. The molecule has 1 aliphatic heterocycles. The Labute approximate surface area is 102 Å². The van der Waals surface area contributed by atoms with Gasteiger partial charge in [0.25, 0.3) is 0 Å². The van der Waals surface area contributed by atoms with E-state index in [0.29, 0.717) is 5.41 Å². The van der Waals surface area contributed by atoms with Crippen molar-refractivity contribution >= 4 is 0 Å². The number of aryl methyl sites for hydroxylation is 1. The molecular weight excluding hydrogens is 216 g/mol. The third kappa shape index (κ3) is 2.38. The summed E-state index contributed by atoms with van der Waals surface area (Å²) in [6.07, 6.45) is 4.00. The van der Waals surface area contributed by atoms with Crippen molar-refractivity contribution in [3.05, 3.63) is 17.5 Å². The van der Waals surface area contributed by atoms with Crippen molar-refractivity contribution in [2.75, 3.05) is 26.3 Å². The Kier molecular flexibility index (Phi) is 2.92. The van der Waals surface area contributed by atoms with E-state index in [4.69, 9.17) is 9.26 Å². The average molecular weight is 236 g/mol. The molecule has 4 heteroatoms. The molecule has 17 heavy (non-hydrogen) atoms. The number of hydrogen-bond acceptors (Lipinski definition) is 4. The Bertz CT molecular complexity index is 385. The Balaban J connectivity index is 1.65. The van der Waals surface area contributed by atoms with Crippen molar-refractivity contribution in [3.8, 4) is 0 Å². The first-order valence-corrected chi connectivity index (χ1v) is 6.48. The molecule has 3 rings (SSSR count). The molecule has 1 spiro atoms. The normalized spacial score (nSPS) is 24.5. The highest BCUT2D eigenvalue weighted by Crippen LogP contribution is 2.42. The first-order valence-electron chi connectivity index (χ1n) is 6.48. The predicted octanol–water partition coefficient (Wildman–Crippen LogP) is 1.99. The van der Waals surface area contributed by atoms with Crippen LogP contribution in [0.5, 0.6) is 0 Å². The molecular formula is C13H20N2O2. The Morgan fingerprint density at radius 1 is 1.47 bits per heavy atom. The van der Waals surface area contributed by atoms with Crippen LogP contribution in [0.25, 0.3) is 0 Å². The fourth-order valence-corrected chi connectivity index (χ4v) is 2.92. The Hall–Kier alpha value is -0.870. The quantitative estimate of drug-likeness (QED) is 0.787. The molecule has 0 N–H and O–H groups in total. The fourth-order valence-electron chi connectivity index (χ4n) is 2.92. The van der Waals surface area contributed by atoms with Gasteiger partial charge in [-0.15, -0.1) is 0 Å². The van der Waals surface area contributed by atoms with Crippen LogP contribution in [0.4, 0.5) is 0 Å². The lowest BCUT2D eigenvalue weighted by atomic mass is 9.69. The number of aromatic nitrogens is 1. The zero-order chi connectivity index (χ0) is 11.7. The topological polar surface area (TPSA) is 38.5 Å². The molecule has 1 aliphatic carbocycles. The van der Waals surface area contributed by atoms with Crippen LogP contribution in [0.1, 0.15) is 30.7 Å². The van der Waals surface area contributed by atoms with Crippen molar-refractivity contribution in [1.29, 1.82) is 0 Å². The van der Waals surface area contributed by atoms with Crippen LogP contribution in [0.3, 0.4) is 0 Å². The second-order valence-electron chi connectivity index (χ2n) is 5.55. The van der Waals surface area contributed by atoms with Crippen LogP contribution in [0.2, 0.25) is 0 Å². The predicted molar refractivity (Wildman–Crippen MR) is 63.6 cm³/mol. The van der Waals surface area contributed by atoms with Gasteiger partial charge in [0.05, 0.1) is 18.9 Å². The van der Waals surface area contributed by atoms with Gasteiger partial charge in [-0.2, -0.15) is 0 Å². The van der Waals surface area contributed by atoms with Gasteiger partial charge in [-0.25, -0.2) is 0 Å². The summed E-state index contributed by atoms with van der Waals surface area (Å²) in [6.45, 7) is 6.78. The van der Waals surface area contributed by atoms with E-state index in [-0.39, 0.29) is 0 Å². The van der Waals surface area contributed by atoms with Gasteiger partial charge in [0.1, 0.15) is 5.76 Å². The van der Waals surface area contributed by atoms with E-state index in [0.717, 1.165) is 44.3 Å². The van der Waals surface area contributed by atoms with Crippen LogP contribution in [-0.2, 0) is 11.3 Å². The standard InChI is InChI=1S/C13H20N2O2/c1-11-7-12(14-17-11)8-15-5-6-16-10-13(9-15)3-2-4-13/h7H,2-6,8-10H2,1H3. The number of rotatable bonds is 2. The summed E-state index contributed by atoms with van der Waals surface area (Å²) in [6, 6.07) is 2.03. The number of ether oxygens (including phenoxy) is 1. The maximum atomic E-state index is 5.74. The fraction of sp³-hybridized carbons (Fsp3) is 0.769. The zero-order valence-corrected chi connectivity index (χ0v) is 10.4. The van der Waals surface area contributed by atoms with Crippen molar-refractivity contribution in [2.45, 2.75) is 32.7 Å². The minimum absolute atomic E-state index is 0.440. The summed E-state index contributed by atoms with van der Waals surface area (Å²) in [5, 5.41) is 4.07. The molecule has 0 radical (unpaired) electrons. The third-order valence-corrected chi connectivity index (χ3v) is 4.00. The van der Waals surface area contributed by atoms with E-state index >= 15 is 0 Å². The van der Waals surface area contributed by atoms with Gasteiger partial charge in [-0.1, -0.05) is 11.6 Å². The molecule has 0 aromatic carbocycles. The van der Waals surface area contributed by atoms with E-state index in [1.165, 1.54) is 19.3 Å². The molecule has 2 aliphatic rings. The molecule has 1 saturated heterocycles. The first-order chi connectivity index (χ1) is 8.26. The van der Waals surface area contributed by atoms with Crippen LogP contribution in [0, 0.1) is 12.3 Å². The van der Waals surface area contributed by atoms with Crippen molar-refractivity contribution in [3.63, 3.8) is 0 Å². The average Bonchev–Trinajstić information content (AvgIpc) is 2.54. The third-order valence-electron chi connectivity index (χ3n) is 4.00. The van der Waals surface area contributed by atoms with Gasteiger partial charge in [0.15, 0.2) is 0 Å². The van der Waals surface area contributed by atoms with E-state index in [2.05, 4.69) is 10.1 Å². The SMILES string of the molecule is Cc1cc(CN2CCOCC3(CCC3)C2)no1. The monoisotopic (exact) mass is 236 g/mol. The number of hydrogen-bond donors (Lipinski definition) is 0. The van der Waals surface area contributed by atoms with Gasteiger partial charge >= 0.3 is 0 Å². The highest BCUT2D eigenvalue weighted by Gasteiger charge is 2.40.